The van der Waals surface area contributed by atoms with E-state index < -0.39 is 0 Å². The molecule has 2 N–H and O–H groups in total. The maximum atomic E-state index is 5.25. The van der Waals surface area contributed by atoms with Crippen LogP contribution in [0.1, 0.15) is 0 Å². The van der Waals surface area contributed by atoms with Gasteiger partial charge in [-0.1, -0.05) is 22.6 Å². The summed E-state index contributed by atoms with van der Waals surface area (Å²) in [7, 11) is 0.975. The summed E-state index contributed by atoms with van der Waals surface area (Å²) in [5.41, 5.74) is 5.25. The summed E-state index contributed by atoms with van der Waals surface area (Å²) in [6, 6.07) is 0. The van der Waals surface area contributed by atoms with Crippen molar-refractivity contribution in [1.82, 2.24) is 0 Å². The predicted octanol–water partition coefficient (Wildman–Crippen LogP) is 0.635. The molecule has 0 saturated heterocycles. The maximum Gasteiger partial charge on any atom is 0.154 e. The van der Waals surface area contributed by atoms with Gasteiger partial charge in [0.2, 0.25) is 0 Å². The first-order valence-electron chi connectivity index (χ1n) is 2.23. The normalized spacial score (nSPS) is 10.6. The summed E-state index contributed by atoms with van der Waals surface area (Å²) in [4.78, 5) is 0. The summed E-state index contributed by atoms with van der Waals surface area (Å²) in [5.74, 6) is 0. The van der Waals surface area contributed by atoms with Crippen molar-refractivity contribution in [2.45, 2.75) is 0 Å². The minimum Gasteiger partial charge on any atom is -0.330 e. The van der Waals surface area contributed by atoms with E-state index in [0.717, 1.165) is 19.3 Å². The van der Waals surface area contributed by atoms with Gasteiger partial charge in [-0.2, -0.15) is 8.46 Å². The summed E-state index contributed by atoms with van der Waals surface area (Å²) < 4.78 is 1.16. The van der Waals surface area contributed by atoms with E-state index in [2.05, 4.69) is 29.6 Å². The molecule has 0 aromatic carbocycles. The Morgan fingerprint density at radius 3 is 2.86 bits per heavy atom. The van der Waals surface area contributed by atoms with Gasteiger partial charge < -0.3 is 5.73 Å². The molecule has 0 aromatic rings. The van der Waals surface area contributed by atoms with Gasteiger partial charge in [0.05, 0.1) is 0 Å². The third kappa shape index (κ3) is 7.18. The highest BCUT2D eigenvalue weighted by atomic mass is 127. The molecule has 1 atom stereocenters. The molecule has 0 fully saturated rings. The van der Waals surface area contributed by atoms with Crippen molar-refractivity contribution in [2.24, 2.45) is 5.73 Å². The van der Waals surface area contributed by atoms with Crippen molar-refractivity contribution in [1.29, 1.82) is 0 Å². The van der Waals surface area contributed by atoms with Crippen LogP contribution >= 0.6 is 31.1 Å². The van der Waals surface area contributed by atoms with Crippen molar-refractivity contribution in [2.75, 3.05) is 17.0 Å². The Hall–Kier alpha value is 1.18. The number of rotatable bonds is 4. The Morgan fingerprint density at radius 2 is 2.43 bits per heavy atom. The third-order valence-electron chi connectivity index (χ3n) is 0.510. The number of alkyl halides is 1. The quantitative estimate of drug-likeness (QED) is 0.246. The fraction of sp³-hybridized carbons (Fsp3) is 1.00. The van der Waals surface area contributed by atoms with Gasteiger partial charge in [0.25, 0.3) is 0 Å². The highest BCUT2D eigenvalue weighted by Crippen LogP contribution is 2.04. The largest absolute Gasteiger partial charge is 0.330 e. The Kier molecular flexibility index (Phi) is 8.40. The van der Waals surface area contributed by atoms with Gasteiger partial charge in [0, 0.05) is 0 Å². The lowest BCUT2D eigenvalue weighted by Gasteiger charge is -1.89. The van der Waals surface area contributed by atoms with Crippen LogP contribution in [0.15, 0.2) is 0 Å². The van der Waals surface area contributed by atoms with Crippen LogP contribution in [-0.4, -0.2) is 24.0 Å². The molecule has 1 unspecified atom stereocenters. The van der Waals surface area contributed by atoms with E-state index in [1.165, 1.54) is 6.16 Å². The van der Waals surface area contributed by atoms with Crippen LogP contribution in [-0.2, 0) is 0 Å². The van der Waals surface area contributed by atoms with E-state index in [1.54, 1.807) is 0 Å². The van der Waals surface area contributed by atoms with Crippen LogP contribution < -0.4 is 5.73 Å². The number of nitrogens with two attached hydrogens (primary N) is 1. The molecule has 7 heavy (non-hydrogen) atoms. The lowest BCUT2D eigenvalue weighted by molar-refractivity contribution is 1.15. The second-order valence-corrected chi connectivity index (χ2v) is 3.30. The zero-order valence-electron chi connectivity index (χ0n) is 4.15. The molecule has 0 aromatic heterocycles. The molecule has 0 saturated carbocycles. The Labute approximate surface area is 60.9 Å². The first-order chi connectivity index (χ1) is 3.41. The molecular weight excluding hydrogens is 219 g/mol. The van der Waals surface area contributed by atoms with E-state index in [-0.39, 0.29) is 0 Å². The minimum absolute atomic E-state index is 0.839. The third-order valence-corrected chi connectivity index (χ3v) is 2.85. The van der Waals surface area contributed by atoms with Crippen molar-refractivity contribution in [3.8, 4) is 0 Å². The zero-order valence-corrected chi connectivity index (χ0v) is 7.31. The van der Waals surface area contributed by atoms with Gasteiger partial charge in [0.15, 0.2) is 7.00 Å². The summed E-state index contributed by atoms with van der Waals surface area (Å²) >= 11 is 2.34. The first-order valence-corrected chi connectivity index (χ1v) is 5.04. The van der Waals surface area contributed by atoms with Crippen molar-refractivity contribution >= 4 is 38.0 Å². The summed E-state index contributed by atoms with van der Waals surface area (Å²) in [5, 5.41) is 0. The van der Waals surface area contributed by atoms with Gasteiger partial charge >= 0.3 is 0 Å². The minimum atomic E-state index is 0.839. The van der Waals surface area contributed by atoms with Gasteiger partial charge in [-0.15, -0.1) is 0 Å². The first kappa shape index (κ1) is 8.18. The molecule has 0 aliphatic heterocycles. The van der Waals surface area contributed by atoms with Crippen LogP contribution in [0, 0.1) is 0 Å². The molecule has 0 spiro atoms. The molecule has 0 amide bonds. The van der Waals surface area contributed by atoms with Crippen molar-refractivity contribution in [3.63, 3.8) is 0 Å². The smallest absolute Gasteiger partial charge is 0.154 e. The lowest BCUT2D eigenvalue weighted by Crippen LogP contribution is -2.01. The van der Waals surface area contributed by atoms with Crippen molar-refractivity contribution in [3.05, 3.63) is 0 Å². The summed E-state index contributed by atoms with van der Waals surface area (Å²) in [6.07, 6.45) is 1.17. The average Bonchev–Trinajstić information content (AvgIpc) is 1.69. The van der Waals surface area contributed by atoms with E-state index in [9.17, 15) is 0 Å². The van der Waals surface area contributed by atoms with Gasteiger partial charge in [0.1, 0.15) is 0 Å². The molecule has 0 aliphatic carbocycles. The fourth-order valence-electron chi connectivity index (χ4n) is 0.240. The fourth-order valence-corrected chi connectivity index (χ4v) is 1.65. The van der Waals surface area contributed by atoms with Crippen molar-refractivity contribution < 1.29 is 0 Å². The molecular formula is C3H9BINP. The zero-order chi connectivity index (χ0) is 5.54. The average molecular weight is 228 g/mol. The highest BCUT2D eigenvalue weighted by Gasteiger charge is 1.83. The standard InChI is InChI=1S/C3H9BINP/c5-3-4-7-2-1-6/h7H,1-3,6H2. The monoisotopic (exact) mass is 228 g/mol. The second-order valence-electron chi connectivity index (χ2n) is 1.10. The van der Waals surface area contributed by atoms with E-state index in [1.807, 2.05) is 0 Å². The Morgan fingerprint density at radius 1 is 1.71 bits per heavy atom. The number of hydrogen-bond acceptors (Lipinski definition) is 1. The maximum absolute atomic E-state index is 5.25. The Balaban J connectivity index is 2.45. The van der Waals surface area contributed by atoms with Crippen LogP contribution in [0.5, 0.6) is 0 Å². The lowest BCUT2D eigenvalue weighted by atomic mass is 10.2. The molecule has 4 heteroatoms. The number of hydrogen-bond donors (Lipinski definition) is 1. The van der Waals surface area contributed by atoms with Crippen LogP contribution in [0.25, 0.3) is 0 Å². The highest BCUT2D eigenvalue weighted by molar-refractivity contribution is 14.1. The van der Waals surface area contributed by atoms with E-state index in [4.69, 9.17) is 5.73 Å². The van der Waals surface area contributed by atoms with E-state index in [0.29, 0.717) is 0 Å². The van der Waals surface area contributed by atoms with Crippen LogP contribution in [0.2, 0.25) is 0 Å². The molecule has 41 valence electrons. The molecule has 0 rings (SSSR count). The molecule has 0 bridgehead atoms. The topological polar surface area (TPSA) is 26.0 Å². The van der Waals surface area contributed by atoms with E-state index >= 15 is 0 Å². The van der Waals surface area contributed by atoms with Gasteiger partial charge in [-0.25, -0.2) is 0 Å². The second kappa shape index (κ2) is 7.18. The van der Waals surface area contributed by atoms with Gasteiger partial charge in [-0.3, -0.25) is 0 Å². The molecule has 1 nitrogen and oxygen atoms in total. The van der Waals surface area contributed by atoms with Crippen LogP contribution in [0.3, 0.4) is 0 Å². The summed E-state index contributed by atoms with van der Waals surface area (Å²) in [6.45, 7) is 3.11. The Bertz CT molecular complexity index is 34.1. The number of halogens is 1. The molecule has 0 heterocycles. The van der Waals surface area contributed by atoms with Crippen LogP contribution in [0.4, 0.5) is 0 Å². The molecule has 1 radical (unpaired) electrons. The molecule has 0 aliphatic rings. The SMILES string of the molecule is NCCP[B]CI. The predicted molar refractivity (Wildman–Crippen MR) is 46.9 cm³/mol. The van der Waals surface area contributed by atoms with Gasteiger partial charge in [-0.05, 0) is 17.0 Å².